The second-order valence-electron chi connectivity index (χ2n) is 8.93. The van der Waals surface area contributed by atoms with E-state index in [1.807, 2.05) is 10.7 Å². The van der Waals surface area contributed by atoms with E-state index in [9.17, 15) is 13.9 Å². The van der Waals surface area contributed by atoms with Gasteiger partial charge in [0, 0.05) is 52.5 Å². The molecule has 0 saturated heterocycles. The molecule has 1 aliphatic carbocycles. The van der Waals surface area contributed by atoms with Gasteiger partial charge in [-0.15, -0.1) is 0 Å². The summed E-state index contributed by atoms with van der Waals surface area (Å²) in [6, 6.07) is 8.11. The summed E-state index contributed by atoms with van der Waals surface area (Å²) in [5.74, 6) is -0.406. The molecule has 0 aliphatic heterocycles. The number of ether oxygens (including phenoxy) is 1. The molecular weight excluding hydrogens is 477 g/mol. The number of nitrogens with zero attached hydrogens (tertiary/aromatic N) is 4. The summed E-state index contributed by atoms with van der Waals surface area (Å²) in [5.41, 5.74) is 2.18. The van der Waals surface area contributed by atoms with Crippen LogP contribution in [0, 0.1) is 5.82 Å². The minimum Gasteiger partial charge on any atom is -0.435 e. The van der Waals surface area contributed by atoms with Crippen molar-refractivity contribution in [2.24, 2.45) is 0 Å². The van der Waals surface area contributed by atoms with Crippen LogP contribution >= 0.6 is 11.8 Å². The fraction of sp³-hybridized carbons (Fsp3) is 0.320. The third-order valence-electron chi connectivity index (χ3n) is 6.16. The van der Waals surface area contributed by atoms with Crippen LogP contribution in [0.15, 0.2) is 48.9 Å². The van der Waals surface area contributed by atoms with Crippen LogP contribution in [0.4, 0.5) is 13.2 Å². The molecule has 6 nitrogen and oxygen atoms in total. The molecule has 1 N–H and O–H groups in total. The molecule has 3 heterocycles. The molecular formula is C25H23F3N4O2S. The normalized spacial score (nSPS) is 17.8. The highest BCUT2D eigenvalue weighted by atomic mass is 32.2. The zero-order chi connectivity index (χ0) is 24.9. The Morgan fingerprint density at radius 1 is 1.20 bits per heavy atom. The number of thioether (sulfide) groups is 1. The first-order valence-corrected chi connectivity index (χ1v) is 12.3. The number of rotatable bonds is 6. The zero-order valence-electron chi connectivity index (χ0n) is 19.2. The standard InChI is InChI=1S/C25H23F3N4O2S/c1-25(2,33)23-29-10-13(11-30-23)16-12-32-20(9-17(16)26)31-21-19(35-3)8-15(22(21)32)14-6-4-5-7-18(14)34-24(27)28/h4-7,9-12,15,19,24,33H,8H2,1-3H3/t15?,19-/m1/s1. The Kier molecular flexibility index (Phi) is 5.96. The van der Waals surface area contributed by atoms with Crippen LogP contribution in [0.1, 0.15) is 54.2 Å². The number of pyridine rings is 1. The minimum absolute atomic E-state index is 0.0235. The number of alkyl halides is 2. The van der Waals surface area contributed by atoms with Gasteiger partial charge in [-0.3, -0.25) is 0 Å². The van der Waals surface area contributed by atoms with Gasteiger partial charge in [0.25, 0.3) is 0 Å². The molecule has 182 valence electrons. The van der Waals surface area contributed by atoms with Crippen molar-refractivity contribution in [3.8, 4) is 16.9 Å². The highest BCUT2D eigenvalue weighted by Gasteiger charge is 2.38. The van der Waals surface area contributed by atoms with E-state index in [-0.39, 0.29) is 28.3 Å². The largest absolute Gasteiger partial charge is 0.435 e. The van der Waals surface area contributed by atoms with Gasteiger partial charge in [-0.05, 0) is 32.6 Å². The number of imidazole rings is 1. The fourth-order valence-electron chi connectivity index (χ4n) is 4.57. The average molecular weight is 501 g/mol. The maximum atomic E-state index is 15.1. The second-order valence-corrected chi connectivity index (χ2v) is 9.97. The van der Waals surface area contributed by atoms with Crippen molar-refractivity contribution in [2.75, 3.05) is 6.26 Å². The summed E-state index contributed by atoms with van der Waals surface area (Å²) < 4.78 is 48.0. The molecule has 3 aromatic heterocycles. The van der Waals surface area contributed by atoms with Crippen LogP contribution in [0.5, 0.6) is 5.75 Å². The molecule has 0 saturated carbocycles. The molecule has 2 atom stereocenters. The number of hydrogen-bond acceptors (Lipinski definition) is 6. The molecule has 10 heteroatoms. The summed E-state index contributed by atoms with van der Waals surface area (Å²) in [6.45, 7) is 0.200. The highest BCUT2D eigenvalue weighted by molar-refractivity contribution is 7.98. The lowest BCUT2D eigenvalue weighted by Crippen LogP contribution is -2.19. The lowest BCUT2D eigenvalue weighted by Gasteiger charge is -2.18. The Hall–Kier alpha value is -3.11. The molecule has 0 bridgehead atoms. The van der Waals surface area contributed by atoms with Crippen molar-refractivity contribution in [3.05, 3.63) is 77.5 Å². The van der Waals surface area contributed by atoms with E-state index in [1.165, 1.54) is 24.5 Å². The van der Waals surface area contributed by atoms with Crippen molar-refractivity contribution >= 4 is 17.4 Å². The Labute approximate surface area is 204 Å². The molecule has 0 radical (unpaired) electrons. The Balaban J connectivity index is 1.65. The molecule has 0 spiro atoms. The summed E-state index contributed by atoms with van der Waals surface area (Å²) in [7, 11) is 0. The zero-order valence-corrected chi connectivity index (χ0v) is 20.1. The molecule has 35 heavy (non-hydrogen) atoms. The van der Waals surface area contributed by atoms with Gasteiger partial charge in [0.2, 0.25) is 0 Å². The first-order valence-electron chi connectivity index (χ1n) is 11.0. The van der Waals surface area contributed by atoms with Crippen molar-refractivity contribution in [2.45, 2.75) is 43.6 Å². The van der Waals surface area contributed by atoms with Gasteiger partial charge in [-0.1, -0.05) is 18.2 Å². The molecule has 4 aromatic rings. The van der Waals surface area contributed by atoms with E-state index in [2.05, 4.69) is 9.97 Å². The van der Waals surface area contributed by atoms with E-state index >= 15 is 4.39 Å². The van der Waals surface area contributed by atoms with Gasteiger partial charge in [-0.2, -0.15) is 20.5 Å². The fourth-order valence-corrected chi connectivity index (χ4v) is 5.35. The van der Waals surface area contributed by atoms with Crippen LogP contribution in [0.25, 0.3) is 16.8 Å². The van der Waals surface area contributed by atoms with Gasteiger partial charge >= 0.3 is 6.61 Å². The van der Waals surface area contributed by atoms with E-state index in [4.69, 9.17) is 9.72 Å². The maximum absolute atomic E-state index is 15.1. The van der Waals surface area contributed by atoms with Crippen molar-refractivity contribution in [3.63, 3.8) is 0 Å². The third-order valence-corrected chi connectivity index (χ3v) is 7.15. The van der Waals surface area contributed by atoms with Crippen LogP contribution in [-0.4, -0.2) is 37.3 Å². The van der Waals surface area contributed by atoms with E-state index in [1.54, 1.807) is 50.0 Å². The SMILES string of the molecule is CS[C@@H]1CC(c2ccccc2OC(F)F)c2c1nc1cc(F)c(-c3cnc(C(C)(C)O)nc3)cn21. The summed E-state index contributed by atoms with van der Waals surface area (Å²) in [4.78, 5) is 13.1. The number of benzene rings is 1. The van der Waals surface area contributed by atoms with Gasteiger partial charge in [0.05, 0.1) is 11.4 Å². The number of fused-ring (bicyclic) bond motifs is 3. The smallest absolute Gasteiger partial charge is 0.387 e. The third kappa shape index (κ3) is 4.25. The van der Waals surface area contributed by atoms with Gasteiger partial charge in [0.15, 0.2) is 5.82 Å². The predicted octanol–water partition coefficient (Wildman–Crippen LogP) is 5.70. The second kappa shape index (κ2) is 8.83. The first-order chi connectivity index (χ1) is 16.7. The van der Waals surface area contributed by atoms with Crippen LogP contribution in [-0.2, 0) is 5.60 Å². The molecule has 1 aliphatic rings. The number of para-hydroxylation sites is 1. The van der Waals surface area contributed by atoms with Crippen molar-refractivity contribution in [1.29, 1.82) is 0 Å². The van der Waals surface area contributed by atoms with Gasteiger partial charge in [-0.25, -0.2) is 19.3 Å². The Morgan fingerprint density at radius 2 is 1.91 bits per heavy atom. The molecule has 1 unspecified atom stereocenters. The molecule has 5 rings (SSSR count). The topological polar surface area (TPSA) is 72.5 Å². The number of halogens is 3. The monoisotopic (exact) mass is 500 g/mol. The minimum atomic E-state index is -2.94. The highest BCUT2D eigenvalue weighted by Crippen LogP contribution is 2.51. The Bertz CT molecular complexity index is 1390. The summed E-state index contributed by atoms with van der Waals surface area (Å²) in [5, 5.41) is 10.1. The molecule has 0 fully saturated rings. The van der Waals surface area contributed by atoms with E-state index in [0.717, 1.165) is 11.4 Å². The van der Waals surface area contributed by atoms with Crippen LogP contribution < -0.4 is 4.74 Å². The first kappa shape index (κ1) is 23.6. The lowest BCUT2D eigenvalue weighted by molar-refractivity contribution is -0.0505. The van der Waals surface area contributed by atoms with E-state index < -0.39 is 18.0 Å². The lowest BCUT2D eigenvalue weighted by atomic mass is 9.95. The number of aromatic nitrogens is 4. The van der Waals surface area contributed by atoms with Crippen molar-refractivity contribution < 1.29 is 23.0 Å². The Morgan fingerprint density at radius 3 is 2.57 bits per heavy atom. The van der Waals surface area contributed by atoms with E-state index in [0.29, 0.717) is 23.2 Å². The van der Waals surface area contributed by atoms with Gasteiger partial charge in [0.1, 0.15) is 22.8 Å². The summed E-state index contributed by atoms with van der Waals surface area (Å²) in [6.07, 6.45) is 7.20. The van der Waals surface area contributed by atoms with Crippen molar-refractivity contribution in [1.82, 2.24) is 19.4 Å². The number of aliphatic hydroxyl groups is 1. The molecule has 1 aromatic carbocycles. The quantitative estimate of drug-likeness (QED) is 0.366. The maximum Gasteiger partial charge on any atom is 0.387 e. The number of hydrogen-bond donors (Lipinski definition) is 1. The van der Waals surface area contributed by atoms with Gasteiger partial charge < -0.3 is 14.2 Å². The summed E-state index contributed by atoms with van der Waals surface area (Å²) >= 11 is 1.61. The average Bonchev–Trinajstić information content (AvgIpc) is 3.34. The van der Waals surface area contributed by atoms with Crippen LogP contribution in [0.2, 0.25) is 0 Å². The predicted molar refractivity (Wildman–Crippen MR) is 127 cm³/mol. The molecule has 0 amide bonds. The van der Waals surface area contributed by atoms with Crippen LogP contribution in [0.3, 0.4) is 0 Å².